The summed E-state index contributed by atoms with van der Waals surface area (Å²) >= 11 is 0. The van der Waals surface area contributed by atoms with Crippen LogP contribution in [0.4, 0.5) is 5.69 Å². The Kier molecular flexibility index (Phi) is 3.65. The zero-order valence-corrected chi connectivity index (χ0v) is 8.53. The first-order valence-electron chi connectivity index (χ1n) is 4.57. The lowest BCUT2D eigenvalue weighted by Crippen LogP contribution is -2.21. The van der Waals surface area contributed by atoms with Gasteiger partial charge >= 0.3 is 0 Å². The number of aryl methyl sites for hydroxylation is 1. The van der Waals surface area contributed by atoms with Crippen LogP contribution in [0, 0.1) is 6.92 Å². The molecule has 1 aromatic rings. The highest BCUT2D eigenvalue weighted by atomic mass is 16.3. The molecule has 1 N–H and O–H groups in total. The van der Waals surface area contributed by atoms with Crippen LogP contribution >= 0.6 is 0 Å². The molecule has 0 unspecified atom stereocenters. The number of likely N-dealkylation sites (N-methyl/N-ethyl adjacent to an activating group) is 1. The number of aliphatic hydroxyl groups excluding tert-OH is 1. The SMILES string of the molecule is Cc1cc(C=O)ccc1N(C)CCO. The van der Waals surface area contributed by atoms with E-state index in [1.807, 2.05) is 31.0 Å². The third-order valence-electron chi connectivity index (χ3n) is 2.20. The molecule has 3 heteroatoms. The minimum atomic E-state index is 0.130. The van der Waals surface area contributed by atoms with Crippen molar-refractivity contribution in [2.45, 2.75) is 6.92 Å². The molecule has 14 heavy (non-hydrogen) atoms. The molecule has 1 aromatic carbocycles. The number of rotatable bonds is 4. The second-order valence-corrected chi connectivity index (χ2v) is 3.31. The molecule has 0 atom stereocenters. The van der Waals surface area contributed by atoms with Gasteiger partial charge in [0.1, 0.15) is 6.29 Å². The normalized spacial score (nSPS) is 9.93. The van der Waals surface area contributed by atoms with Crippen LogP contribution in [0.3, 0.4) is 0 Å². The number of aldehydes is 1. The highest BCUT2D eigenvalue weighted by Gasteiger charge is 2.04. The van der Waals surface area contributed by atoms with Crippen LogP contribution < -0.4 is 4.90 Å². The average molecular weight is 193 g/mol. The van der Waals surface area contributed by atoms with Gasteiger partial charge in [-0.3, -0.25) is 4.79 Å². The number of carbonyl (C=O) groups excluding carboxylic acids is 1. The van der Waals surface area contributed by atoms with Crippen LogP contribution in [-0.4, -0.2) is 31.6 Å². The van der Waals surface area contributed by atoms with E-state index in [-0.39, 0.29) is 6.61 Å². The fourth-order valence-electron chi connectivity index (χ4n) is 1.45. The second-order valence-electron chi connectivity index (χ2n) is 3.31. The van der Waals surface area contributed by atoms with Crippen LogP contribution in [0.5, 0.6) is 0 Å². The summed E-state index contributed by atoms with van der Waals surface area (Å²) < 4.78 is 0. The molecular weight excluding hydrogens is 178 g/mol. The Hall–Kier alpha value is -1.35. The van der Waals surface area contributed by atoms with Gasteiger partial charge < -0.3 is 10.0 Å². The zero-order valence-electron chi connectivity index (χ0n) is 8.53. The molecule has 0 aromatic heterocycles. The standard InChI is InChI=1S/C11H15NO2/c1-9-7-10(8-14)3-4-11(9)12(2)5-6-13/h3-4,7-8,13H,5-6H2,1-2H3. The van der Waals surface area contributed by atoms with E-state index in [1.54, 1.807) is 6.07 Å². The first-order chi connectivity index (χ1) is 6.69. The van der Waals surface area contributed by atoms with Crippen molar-refractivity contribution in [2.24, 2.45) is 0 Å². The maximum absolute atomic E-state index is 10.5. The van der Waals surface area contributed by atoms with Crippen LogP contribution in [0.1, 0.15) is 15.9 Å². The summed E-state index contributed by atoms with van der Waals surface area (Å²) in [7, 11) is 1.92. The van der Waals surface area contributed by atoms with E-state index in [0.29, 0.717) is 12.1 Å². The molecule has 0 fully saturated rings. The van der Waals surface area contributed by atoms with Crippen LogP contribution in [-0.2, 0) is 0 Å². The van der Waals surface area contributed by atoms with Gasteiger partial charge in [-0.2, -0.15) is 0 Å². The van der Waals surface area contributed by atoms with Gasteiger partial charge in [-0.05, 0) is 30.7 Å². The Balaban J connectivity index is 2.93. The Morgan fingerprint density at radius 1 is 1.50 bits per heavy atom. The number of aliphatic hydroxyl groups is 1. The van der Waals surface area contributed by atoms with Crippen LogP contribution in [0.25, 0.3) is 0 Å². The lowest BCUT2D eigenvalue weighted by Gasteiger charge is -2.20. The number of benzene rings is 1. The van der Waals surface area contributed by atoms with Crippen LogP contribution in [0.2, 0.25) is 0 Å². The third kappa shape index (κ3) is 2.33. The fraction of sp³-hybridized carbons (Fsp3) is 0.364. The van der Waals surface area contributed by atoms with E-state index >= 15 is 0 Å². The molecule has 0 amide bonds. The third-order valence-corrected chi connectivity index (χ3v) is 2.20. The Morgan fingerprint density at radius 2 is 2.21 bits per heavy atom. The van der Waals surface area contributed by atoms with Gasteiger partial charge in [0.15, 0.2) is 0 Å². The second kappa shape index (κ2) is 4.77. The molecule has 0 heterocycles. The summed E-state index contributed by atoms with van der Waals surface area (Å²) in [6.45, 7) is 2.68. The summed E-state index contributed by atoms with van der Waals surface area (Å²) in [5.41, 5.74) is 2.78. The van der Waals surface area contributed by atoms with Crippen molar-refractivity contribution in [3.63, 3.8) is 0 Å². The topological polar surface area (TPSA) is 40.5 Å². The molecule has 0 aliphatic heterocycles. The average Bonchev–Trinajstić information content (AvgIpc) is 2.17. The minimum Gasteiger partial charge on any atom is -0.395 e. The van der Waals surface area contributed by atoms with Gasteiger partial charge in [-0.1, -0.05) is 0 Å². The fourth-order valence-corrected chi connectivity index (χ4v) is 1.45. The number of hydrogen-bond acceptors (Lipinski definition) is 3. The maximum atomic E-state index is 10.5. The van der Waals surface area contributed by atoms with Crippen molar-refractivity contribution in [1.29, 1.82) is 0 Å². The smallest absolute Gasteiger partial charge is 0.150 e. The van der Waals surface area contributed by atoms with Crippen molar-refractivity contribution in [3.05, 3.63) is 29.3 Å². The number of hydrogen-bond donors (Lipinski definition) is 1. The van der Waals surface area contributed by atoms with Crippen molar-refractivity contribution >= 4 is 12.0 Å². The highest BCUT2D eigenvalue weighted by molar-refractivity contribution is 5.76. The molecule has 0 saturated carbocycles. The predicted molar refractivity (Wildman–Crippen MR) is 56.9 cm³/mol. The van der Waals surface area contributed by atoms with E-state index in [9.17, 15) is 4.79 Å². The van der Waals surface area contributed by atoms with Gasteiger partial charge in [0.25, 0.3) is 0 Å². The quantitative estimate of drug-likeness (QED) is 0.731. The highest BCUT2D eigenvalue weighted by Crippen LogP contribution is 2.19. The Labute approximate surface area is 84.0 Å². The summed E-state index contributed by atoms with van der Waals surface area (Å²) in [6, 6.07) is 5.52. The van der Waals surface area contributed by atoms with Crippen molar-refractivity contribution in [3.8, 4) is 0 Å². The van der Waals surface area contributed by atoms with Gasteiger partial charge in [0, 0.05) is 24.8 Å². The van der Waals surface area contributed by atoms with E-state index in [0.717, 1.165) is 17.5 Å². The Bertz CT molecular complexity index is 323. The first kappa shape index (κ1) is 10.7. The molecule has 0 spiro atoms. The summed E-state index contributed by atoms with van der Waals surface area (Å²) in [5.74, 6) is 0. The van der Waals surface area contributed by atoms with Crippen molar-refractivity contribution < 1.29 is 9.90 Å². The summed E-state index contributed by atoms with van der Waals surface area (Å²) in [4.78, 5) is 12.5. The Morgan fingerprint density at radius 3 is 2.71 bits per heavy atom. The summed E-state index contributed by atoms with van der Waals surface area (Å²) in [6.07, 6.45) is 0.836. The molecule has 0 aliphatic rings. The largest absolute Gasteiger partial charge is 0.395 e. The number of anilines is 1. The van der Waals surface area contributed by atoms with E-state index in [2.05, 4.69) is 0 Å². The van der Waals surface area contributed by atoms with Gasteiger partial charge in [0.05, 0.1) is 6.61 Å². The molecular formula is C11H15NO2. The van der Waals surface area contributed by atoms with Crippen molar-refractivity contribution in [1.82, 2.24) is 0 Å². The molecule has 0 radical (unpaired) electrons. The summed E-state index contributed by atoms with van der Waals surface area (Å²) in [5, 5.41) is 8.79. The van der Waals surface area contributed by atoms with E-state index in [1.165, 1.54) is 0 Å². The maximum Gasteiger partial charge on any atom is 0.150 e. The van der Waals surface area contributed by atoms with Crippen LogP contribution in [0.15, 0.2) is 18.2 Å². The molecule has 76 valence electrons. The number of carbonyl (C=O) groups is 1. The predicted octanol–water partition coefficient (Wildman–Crippen LogP) is 1.24. The molecule has 0 saturated heterocycles. The molecule has 0 bridgehead atoms. The molecule has 3 nitrogen and oxygen atoms in total. The molecule has 1 rings (SSSR count). The minimum absolute atomic E-state index is 0.130. The van der Waals surface area contributed by atoms with E-state index in [4.69, 9.17) is 5.11 Å². The van der Waals surface area contributed by atoms with E-state index < -0.39 is 0 Å². The monoisotopic (exact) mass is 193 g/mol. The van der Waals surface area contributed by atoms with Gasteiger partial charge in [-0.15, -0.1) is 0 Å². The lowest BCUT2D eigenvalue weighted by molar-refractivity contribution is 0.112. The lowest BCUT2D eigenvalue weighted by atomic mass is 10.1. The zero-order chi connectivity index (χ0) is 10.6. The molecule has 0 aliphatic carbocycles. The van der Waals surface area contributed by atoms with Gasteiger partial charge in [-0.25, -0.2) is 0 Å². The first-order valence-corrected chi connectivity index (χ1v) is 4.57. The van der Waals surface area contributed by atoms with Gasteiger partial charge in [0.2, 0.25) is 0 Å². The number of nitrogens with zero attached hydrogens (tertiary/aromatic N) is 1. The van der Waals surface area contributed by atoms with Crippen molar-refractivity contribution in [2.75, 3.05) is 25.1 Å².